The Balaban J connectivity index is 4.41. The molecule has 0 aliphatic rings. The Morgan fingerprint density at radius 1 is 0.955 bits per heavy atom. The summed E-state index contributed by atoms with van der Waals surface area (Å²) in [7, 11) is 0. The first-order valence-electron chi connectivity index (χ1n) is 6.75. The Bertz CT molecular complexity index is 470. The van der Waals surface area contributed by atoms with E-state index < -0.39 is 23.8 Å². The molecular weight excluding hydrogens is 292 g/mol. The lowest BCUT2D eigenvalue weighted by Gasteiger charge is -2.21. The van der Waals surface area contributed by atoms with Crippen molar-refractivity contribution in [3.63, 3.8) is 0 Å². The fraction of sp³-hybridized carbons (Fsp3) is 0.429. The van der Waals surface area contributed by atoms with Crippen LogP contribution in [-0.4, -0.2) is 58.5 Å². The van der Waals surface area contributed by atoms with E-state index in [1.54, 1.807) is 0 Å². The lowest BCUT2D eigenvalue weighted by Crippen LogP contribution is -2.38. The van der Waals surface area contributed by atoms with Crippen LogP contribution in [0, 0.1) is 0 Å². The van der Waals surface area contributed by atoms with Crippen LogP contribution in [-0.2, 0) is 19.2 Å². The van der Waals surface area contributed by atoms with Gasteiger partial charge in [-0.15, -0.1) is 0 Å². The molecule has 8 heteroatoms. The third-order valence-electron chi connectivity index (χ3n) is 2.52. The quantitative estimate of drug-likeness (QED) is 0.488. The van der Waals surface area contributed by atoms with Gasteiger partial charge in [0.05, 0.1) is 0 Å². The van der Waals surface area contributed by atoms with Gasteiger partial charge in [0.1, 0.15) is 0 Å². The van der Waals surface area contributed by atoms with Crippen LogP contribution in [0.15, 0.2) is 24.3 Å². The number of hydrogen-bond donors (Lipinski definition) is 3. The largest absolute Gasteiger partial charge is 0.478 e. The molecule has 0 saturated heterocycles. The van der Waals surface area contributed by atoms with Crippen LogP contribution in [0.1, 0.15) is 19.8 Å². The Labute approximate surface area is 128 Å². The Hall–Kier alpha value is -2.64. The third-order valence-corrected chi connectivity index (χ3v) is 2.52. The van der Waals surface area contributed by atoms with E-state index in [4.69, 9.17) is 10.2 Å². The normalized spacial score (nSPS) is 10.8. The molecule has 3 N–H and O–H groups in total. The van der Waals surface area contributed by atoms with E-state index in [-0.39, 0.29) is 13.1 Å². The molecule has 0 atom stereocenters. The second-order valence-electron chi connectivity index (χ2n) is 4.31. The molecule has 0 spiro atoms. The van der Waals surface area contributed by atoms with Gasteiger partial charge in [0.25, 0.3) is 0 Å². The van der Waals surface area contributed by atoms with Crippen molar-refractivity contribution in [3.05, 3.63) is 24.3 Å². The smallest absolute Gasteiger partial charge is 0.328 e. The van der Waals surface area contributed by atoms with E-state index in [2.05, 4.69) is 5.32 Å². The summed E-state index contributed by atoms with van der Waals surface area (Å²) in [4.78, 5) is 45.2. The highest BCUT2D eigenvalue weighted by Gasteiger charge is 2.10. The van der Waals surface area contributed by atoms with Gasteiger partial charge in [-0.25, -0.2) is 9.59 Å². The van der Waals surface area contributed by atoms with Crippen LogP contribution in [0.4, 0.5) is 0 Å². The number of carboxylic acid groups (broad SMARTS) is 2. The maximum absolute atomic E-state index is 11.8. The second-order valence-corrected chi connectivity index (χ2v) is 4.31. The van der Waals surface area contributed by atoms with Crippen molar-refractivity contribution in [2.24, 2.45) is 0 Å². The Morgan fingerprint density at radius 2 is 1.55 bits per heavy atom. The zero-order chi connectivity index (χ0) is 17.0. The minimum absolute atomic E-state index is 0.138. The molecule has 122 valence electrons. The van der Waals surface area contributed by atoms with Crippen molar-refractivity contribution < 1.29 is 29.4 Å². The molecule has 0 unspecified atom stereocenters. The molecule has 0 rings (SSSR count). The van der Waals surface area contributed by atoms with Crippen LogP contribution in [0.3, 0.4) is 0 Å². The lowest BCUT2D eigenvalue weighted by molar-refractivity contribution is -0.132. The predicted molar refractivity (Wildman–Crippen MR) is 78.0 cm³/mol. The van der Waals surface area contributed by atoms with Crippen LogP contribution >= 0.6 is 0 Å². The molecule has 0 radical (unpaired) electrons. The van der Waals surface area contributed by atoms with Crippen molar-refractivity contribution in [2.45, 2.75) is 19.8 Å². The van der Waals surface area contributed by atoms with Crippen LogP contribution < -0.4 is 5.32 Å². The molecule has 0 saturated carbocycles. The van der Waals surface area contributed by atoms with E-state index in [0.29, 0.717) is 12.6 Å². The topological polar surface area (TPSA) is 124 Å². The number of nitrogens with one attached hydrogen (secondary N) is 1. The molecule has 0 heterocycles. The van der Waals surface area contributed by atoms with Crippen molar-refractivity contribution >= 4 is 23.8 Å². The van der Waals surface area contributed by atoms with Crippen molar-refractivity contribution in [1.82, 2.24) is 10.2 Å². The molecule has 8 nitrogen and oxygen atoms in total. The molecule has 22 heavy (non-hydrogen) atoms. The van der Waals surface area contributed by atoms with Gasteiger partial charge in [0.15, 0.2) is 0 Å². The summed E-state index contributed by atoms with van der Waals surface area (Å²) < 4.78 is 0. The minimum atomic E-state index is -1.23. The number of aliphatic carboxylic acids is 2. The van der Waals surface area contributed by atoms with E-state index in [0.717, 1.165) is 31.1 Å². The van der Waals surface area contributed by atoms with Crippen molar-refractivity contribution in [1.29, 1.82) is 0 Å². The van der Waals surface area contributed by atoms with Gasteiger partial charge in [0.2, 0.25) is 11.8 Å². The molecule has 0 fully saturated rings. The highest BCUT2D eigenvalue weighted by molar-refractivity contribution is 5.94. The summed E-state index contributed by atoms with van der Waals surface area (Å²) in [6, 6.07) is 0. The zero-order valence-corrected chi connectivity index (χ0v) is 12.3. The van der Waals surface area contributed by atoms with Crippen molar-refractivity contribution in [2.75, 3.05) is 19.6 Å². The molecule has 0 aromatic rings. The standard InChI is InChI=1S/C14H20N2O6/c1-2-3-9-16(12(18)5-7-14(21)22)10-8-15-11(17)4-6-13(19)20/h4-7H,2-3,8-10H2,1H3,(H,15,17)(H,19,20)(H,21,22)/b6-4+,7-5+. The molecule has 0 aliphatic heterocycles. The Morgan fingerprint density at radius 3 is 2.09 bits per heavy atom. The van der Waals surface area contributed by atoms with Gasteiger partial charge >= 0.3 is 11.9 Å². The number of carboxylic acids is 2. The number of nitrogens with zero attached hydrogens (tertiary/aromatic N) is 1. The average molecular weight is 312 g/mol. The van der Waals surface area contributed by atoms with Gasteiger partial charge in [-0.1, -0.05) is 13.3 Å². The van der Waals surface area contributed by atoms with E-state index in [1.807, 2.05) is 6.92 Å². The minimum Gasteiger partial charge on any atom is -0.478 e. The number of amides is 2. The SMILES string of the molecule is CCCCN(CCNC(=O)/C=C/C(=O)O)C(=O)/C=C/C(=O)O. The summed E-state index contributed by atoms with van der Waals surface area (Å²) in [6.45, 7) is 2.74. The van der Waals surface area contributed by atoms with E-state index in [9.17, 15) is 19.2 Å². The summed E-state index contributed by atoms with van der Waals surface area (Å²) in [5, 5.41) is 19.3. The average Bonchev–Trinajstić information content (AvgIpc) is 2.46. The Kier molecular flexibility index (Phi) is 9.74. The fourth-order valence-corrected chi connectivity index (χ4v) is 1.45. The molecule has 2 amide bonds. The van der Waals surface area contributed by atoms with Crippen molar-refractivity contribution in [3.8, 4) is 0 Å². The predicted octanol–water partition coefficient (Wildman–Crippen LogP) is 0.0129. The summed E-state index contributed by atoms with van der Waals surface area (Å²) in [6.07, 6.45) is 4.93. The molecule has 0 aromatic carbocycles. The van der Waals surface area contributed by atoms with Crippen LogP contribution in [0.25, 0.3) is 0 Å². The molecule has 0 aromatic heterocycles. The monoisotopic (exact) mass is 312 g/mol. The number of unbranched alkanes of at least 4 members (excludes halogenated alkanes) is 1. The van der Waals surface area contributed by atoms with Gasteiger partial charge in [-0.05, 0) is 6.42 Å². The number of carbonyl (C=O) groups is 4. The van der Waals surface area contributed by atoms with Gasteiger partial charge in [0, 0.05) is 43.9 Å². The number of rotatable bonds is 10. The van der Waals surface area contributed by atoms with Gasteiger partial charge in [-0.2, -0.15) is 0 Å². The molecule has 0 aliphatic carbocycles. The van der Waals surface area contributed by atoms with E-state index >= 15 is 0 Å². The summed E-state index contributed by atoms with van der Waals surface area (Å²) >= 11 is 0. The first kappa shape index (κ1) is 19.4. The summed E-state index contributed by atoms with van der Waals surface area (Å²) in [5.74, 6) is -3.47. The number of carbonyl (C=O) groups excluding carboxylic acids is 2. The maximum atomic E-state index is 11.8. The van der Waals surface area contributed by atoms with E-state index in [1.165, 1.54) is 4.90 Å². The first-order valence-corrected chi connectivity index (χ1v) is 6.75. The van der Waals surface area contributed by atoms with Crippen LogP contribution in [0.5, 0.6) is 0 Å². The zero-order valence-electron chi connectivity index (χ0n) is 12.3. The second kappa shape index (κ2) is 11.1. The molecular formula is C14H20N2O6. The van der Waals surface area contributed by atoms with Gasteiger partial charge in [-0.3, -0.25) is 9.59 Å². The van der Waals surface area contributed by atoms with Gasteiger partial charge < -0.3 is 20.4 Å². The highest BCUT2D eigenvalue weighted by atomic mass is 16.4. The maximum Gasteiger partial charge on any atom is 0.328 e. The summed E-state index contributed by atoms with van der Waals surface area (Å²) in [5.41, 5.74) is 0. The molecule has 0 bridgehead atoms. The third kappa shape index (κ3) is 10.2. The fourth-order valence-electron chi connectivity index (χ4n) is 1.45. The van der Waals surface area contributed by atoms with Crippen LogP contribution in [0.2, 0.25) is 0 Å². The number of hydrogen-bond acceptors (Lipinski definition) is 4. The first-order chi connectivity index (χ1) is 10.4. The lowest BCUT2D eigenvalue weighted by atomic mass is 10.3. The highest BCUT2D eigenvalue weighted by Crippen LogP contribution is 1.97.